The molecule has 2 heterocycles. The van der Waals surface area contributed by atoms with E-state index in [4.69, 9.17) is 4.74 Å². The van der Waals surface area contributed by atoms with Gasteiger partial charge in [-0.2, -0.15) is 5.10 Å². The summed E-state index contributed by atoms with van der Waals surface area (Å²) in [7, 11) is 0. The minimum atomic E-state index is -0.380. The molecular formula is C22H19FN2O2. The number of benzene rings is 2. The van der Waals surface area contributed by atoms with E-state index in [1.54, 1.807) is 25.1 Å². The Morgan fingerprint density at radius 1 is 1.19 bits per heavy atom. The van der Waals surface area contributed by atoms with Gasteiger partial charge in [-0.3, -0.25) is 4.68 Å². The van der Waals surface area contributed by atoms with Gasteiger partial charge in [0.25, 0.3) is 0 Å². The number of esters is 1. The topological polar surface area (TPSA) is 44.1 Å². The van der Waals surface area contributed by atoms with Crippen LogP contribution in [0.15, 0.2) is 48.5 Å². The van der Waals surface area contributed by atoms with E-state index in [2.05, 4.69) is 11.2 Å². The van der Waals surface area contributed by atoms with Gasteiger partial charge in [0.2, 0.25) is 0 Å². The molecule has 2 aromatic carbocycles. The van der Waals surface area contributed by atoms with E-state index in [9.17, 15) is 9.18 Å². The minimum Gasteiger partial charge on any atom is -0.462 e. The summed E-state index contributed by atoms with van der Waals surface area (Å²) in [6.07, 6.45) is 4.48. The highest BCUT2D eigenvalue weighted by Crippen LogP contribution is 2.34. The third-order valence-corrected chi connectivity index (χ3v) is 4.63. The second-order valence-corrected chi connectivity index (χ2v) is 6.34. The molecule has 0 atom stereocenters. The van der Waals surface area contributed by atoms with Crippen molar-refractivity contribution in [3.05, 3.63) is 76.7 Å². The average molecular weight is 362 g/mol. The summed E-state index contributed by atoms with van der Waals surface area (Å²) in [4.78, 5) is 12.7. The summed E-state index contributed by atoms with van der Waals surface area (Å²) >= 11 is 0. The zero-order valence-electron chi connectivity index (χ0n) is 15.0. The quantitative estimate of drug-likeness (QED) is 0.638. The molecule has 1 aliphatic heterocycles. The van der Waals surface area contributed by atoms with Crippen LogP contribution < -0.4 is 0 Å². The number of aromatic nitrogens is 2. The average Bonchev–Trinajstić information content (AvgIpc) is 3.07. The molecular weight excluding hydrogens is 343 g/mol. The van der Waals surface area contributed by atoms with Crippen LogP contribution in [0.2, 0.25) is 0 Å². The molecule has 3 aromatic rings. The van der Waals surface area contributed by atoms with Crippen LogP contribution in [-0.2, 0) is 17.7 Å². The summed E-state index contributed by atoms with van der Waals surface area (Å²) in [6.45, 7) is 2.80. The monoisotopic (exact) mass is 362 g/mol. The maximum absolute atomic E-state index is 13.1. The molecule has 0 saturated carbocycles. The largest absolute Gasteiger partial charge is 0.462 e. The van der Waals surface area contributed by atoms with Crippen molar-refractivity contribution in [3.8, 4) is 11.3 Å². The number of carbonyl (C=O) groups excluding carboxylic acids is 1. The molecule has 5 heteroatoms. The molecule has 1 aliphatic rings. The van der Waals surface area contributed by atoms with Gasteiger partial charge in [-0.15, -0.1) is 0 Å². The standard InChI is InChI=1S/C22H19FN2O2/c1-2-27-22(26)20-19(12-9-15-7-10-17(23)11-8-15)24-25-14-13-16-5-3-4-6-18(16)21(20)25/h3-12H,2,13-14H2,1H3/b12-9+. The molecule has 27 heavy (non-hydrogen) atoms. The number of hydrogen-bond acceptors (Lipinski definition) is 3. The van der Waals surface area contributed by atoms with Crippen LogP contribution >= 0.6 is 0 Å². The molecule has 0 N–H and O–H groups in total. The predicted molar refractivity (Wildman–Crippen MR) is 103 cm³/mol. The molecule has 4 rings (SSSR count). The molecule has 0 radical (unpaired) electrons. The normalized spacial score (nSPS) is 12.7. The predicted octanol–water partition coefficient (Wildman–Crippen LogP) is 4.59. The lowest BCUT2D eigenvalue weighted by Gasteiger charge is -2.18. The zero-order valence-corrected chi connectivity index (χ0v) is 15.0. The van der Waals surface area contributed by atoms with Crippen LogP contribution in [0.3, 0.4) is 0 Å². The first-order chi connectivity index (χ1) is 13.2. The van der Waals surface area contributed by atoms with Crippen LogP contribution in [0.25, 0.3) is 23.4 Å². The Balaban J connectivity index is 1.82. The van der Waals surface area contributed by atoms with Gasteiger partial charge >= 0.3 is 5.97 Å². The maximum Gasteiger partial charge on any atom is 0.342 e. The number of hydrogen-bond donors (Lipinski definition) is 0. The Hall–Kier alpha value is -3.21. The molecule has 0 saturated heterocycles. The van der Waals surface area contributed by atoms with Crippen LogP contribution in [-0.4, -0.2) is 22.4 Å². The summed E-state index contributed by atoms with van der Waals surface area (Å²) in [6, 6.07) is 14.2. The van der Waals surface area contributed by atoms with Crippen molar-refractivity contribution in [2.45, 2.75) is 19.9 Å². The summed E-state index contributed by atoms with van der Waals surface area (Å²) in [5.74, 6) is -0.664. The molecule has 136 valence electrons. The number of ether oxygens (including phenoxy) is 1. The van der Waals surface area contributed by atoms with Crippen LogP contribution in [0.5, 0.6) is 0 Å². The van der Waals surface area contributed by atoms with E-state index in [0.29, 0.717) is 24.4 Å². The number of aryl methyl sites for hydroxylation is 2. The Bertz CT molecular complexity index is 1020. The Morgan fingerprint density at radius 3 is 2.74 bits per heavy atom. The summed E-state index contributed by atoms with van der Waals surface area (Å²) < 4.78 is 20.3. The summed E-state index contributed by atoms with van der Waals surface area (Å²) in [5.41, 5.74) is 4.88. The Labute approximate surface area is 156 Å². The lowest BCUT2D eigenvalue weighted by atomic mass is 9.95. The van der Waals surface area contributed by atoms with Crippen molar-refractivity contribution >= 4 is 18.1 Å². The number of carbonyl (C=O) groups is 1. The molecule has 0 aliphatic carbocycles. The van der Waals surface area contributed by atoms with Crippen LogP contribution in [0, 0.1) is 5.82 Å². The molecule has 0 spiro atoms. The van der Waals surface area contributed by atoms with E-state index < -0.39 is 0 Å². The van der Waals surface area contributed by atoms with E-state index in [1.165, 1.54) is 17.7 Å². The lowest BCUT2D eigenvalue weighted by molar-refractivity contribution is 0.0527. The highest BCUT2D eigenvalue weighted by Gasteiger charge is 2.28. The van der Waals surface area contributed by atoms with Crippen molar-refractivity contribution in [1.29, 1.82) is 0 Å². The Kier molecular flexibility index (Phi) is 4.59. The van der Waals surface area contributed by atoms with E-state index in [1.807, 2.05) is 29.0 Å². The second-order valence-electron chi connectivity index (χ2n) is 6.34. The van der Waals surface area contributed by atoms with Gasteiger partial charge in [-0.05, 0) is 42.7 Å². The number of fused-ring (bicyclic) bond motifs is 3. The van der Waals surface area contributed by atoms with Crippen LogP contribution in [0.4, 0.5) is 4.39 Å². The molecule has 4 nitrogen and oxygen atoms in total. The SMILES string of the molecule is CCOC(=O)c1c(/C=C/c2ccc(F)cc2)nn2c1-c1ccccc1CC2. The first-order valence-electron chi connectivity index (χ1n) is 8.97. The second kappa shape index (κ2) is 7.19. The van der Waals surface area contributed by atoms with Gasteiger partial charge in [-0.1, -0.05) is 42.5 Å². The van der Waals surface area contributed by atoms with E-state index >= 15 is 0 Å². The third-order valence-electron chi connectivity index (χ3n) is 4.63. The van der Waals surface area contributed by atoms with E-state index in [0.717, 1.165) is 23.2 Å². The van der Waals surface area contributed by atoms with Crippen molar-refractivity contribution in [2.24, 2.45) is 0 Å². The summed E-state index contributed by atoms with van der Waals surface area (Å²) in [5, 5.41) is 4.64. The molecule has 0 bridgehead atoms. The minimum absolute atomic E-state index is 0.284. The first-order valence-corrected chi connectivity index (χ1v) is 8.97. The van der Waals surface area contributed by atoms with Gasteiger partial charge < -0.3 is 4.74 Å². The fourth-order valence-electron chi connectivity index (χ4n) is 3.38. The fraction of sp³-hybridized carbons (Fsp3) is 0.182. The third kappa shape index (κ3) is 3.28. The van der Waals surface area contributed by atoms with E-state index in [-0.39, 0.29) is 11.8 Å². The number of rotatable bonds is 4. The smallest absolute Gasteiger partial charge is 0.342 e. The highest BCUT2D eigenvalue weighted by molar-refractivity contribution is 6.01. The molecule has 0 fully saturated rings. The van der Waals surface area contributed by atoms with Gasteiger partial charge in [0, 0.05) is 12.1 Å². The van der Waals surface area contributed by atoms with Crippen molar-refractivity contribution in [1.82, 2.24) is 9.78 Å². The highest BCUT2D eigenvalue weighted by atomic mass is 19.1. The van der Waals surface area contributed by atoms with Crippen molar-refractivity contribution in [2.75, 3.05) is 6.61 Å². The molecule has 1 aromatic heterocycles. The first kappa shape index (κ1) is 17.2. The van der Waals surface area contributed by atoms with Gasteiger partial charge in [-0.25, -0.2) is 9.18 Å². The lowest BCUT2D eigenvalue weighted by Crippen LogP contribution is -2.14. The van der Waals surface area contributed by atoms with Crippen molar-refractivity contribution in [3.63, 3.8) is 0 Å². The fourth-order valence-corrected chi connectivity index (χ4v) is 3.38. The number of halogens is 1. The van der Waals surface area contributed by atoms with Gasteiger partial charge in [0.15, 0.2) is 0 Å². The molecule has 0 amide bonds. The van der Waals surface area contributed by atoms with Crippen LogP contribution in [0.1, 0.15) is 34.1 Å². The van der Waals surface area contributed by atoms with Crippen molar-refractivity contribution < 1.29 is 13.9 Å². The zero-order chi connectivity index (χ0) is 18.8. The number of nitrogens with zero attached hydrogens (tertiary/aromatic N) is 2. The van der Waals surface area contributed by atoms with Gasteiger partial charge in [0.05, 0.1) is 12.3 Å². The van der Waals surface area contributed by atoms with Gasteiger partial charge in [0.1, 0.15) is 17.1 Å². The molecule has 0 unspecified atom stereocenters. The maximum atomic E-state index is 13.1. The Morgan fingerprint density at radius 2 is 1.96 bits per heavy atom.